The molecule has 1 aliphatic rings. The topological polar surface area (TPSA) is 136 Å². The van der Waals surface area contributed by atoms with E-state index in [4.69, 9.17) is 9.84 Å². The van der Waals surface area contributed by atoms with Crippen LogP contribution in [0.3, 0.4) is 0 Å². The van der Waals surface area contributed by atoms with Crippen LogP contribution in [-0.2, 0) is 4.79 Å². The van der Waals surface area contributed by atoms with Gasteiger partial charge in [0.05, 0.1) is 36.1 Å². The number of nitrogens with one attached hydrogen (secondary N) is 4. The molecule has 0 saturated carbocycles. The minimum atomic E-state index is -0.465. The molecule has 0 radical (unpaired) electrons. The Hall–Kier alpha value is -3.63. The van der Waals surface area contributed by atoms with Crippen LogP contribution < -0.4 is 20.7 Å². The first kappa shape index (κ1) is 27.0. The van der Waals surface area contributed by atoms with Crippen molar-refractivity contribution in [3.63, 3.8) is 0 Å². The summed E-state index contributed by atoms with van der Waals surface area (Å²) in [6, 6.07) is 3.29. The second kappa shape index (κ2) is 11.9. The van der Waals surface area contributed by atoms with Gasteiger partial charge >= 0.3 is 0 Å². The summed E-state index contributed by atoms with van der Waals surface area (Å²) in [5.41, 5.74) is 3.89. The van der Waals surface area contributed by atoms with E-state index in [0.29, 0.717) is 46.1 Å². The van der Waals surface area contributed by atoms with Crippen molar-refractivity contribution in [1.82, 2.24) is 20.5 Å². The SMILES string of the molecule is CCN(CC)CCNC(=O)c1c(C)[nH]c(/C=C2\C(=O)Nc3ccc(OC)c(C(=O)NCCO)c32)c1C. The number of aryl methyl sites for hydroxylation is 1. The second-order valence-electron chi connectivity index (χ2n) is 8.50. The zero-order chi connectivity index (χ0) is 26.4. The number of H-pyrrole nitrogens is 1. The smallest absolute Gasteiger partial charge is 0.256 e. The first-order valence-corrected chi connectivity index (χ1v) is 12.1. The summed E-state index contributed by atoms with van der Waals surface area (Å²) in [6.07, 6.45) is 1.65. The van der Waals surface area contributed by atoms with E-state index in [1.165, 1.54) is 7.11 Å². The minimum absolute atomic E-state index is 0.0632. The first-order chi connectivity index (χ1) is 17.3. The van der Waals surface area contributed by atoms with Gasteiger partial charge in [0.25, 0.3) is 17.7 Å². The van der Waals surface area contributed by atoms with Crippen molar-refractivity contribution >= 4 is 35.1 Å². The van der Waals surface area contributed by atoms with Gasteiger partial charge in [-0.3, -0.25) is 14.4 Å². The lowest BCUT2D eigenvalue weighted by atomic mass is 9.97. The molecule has 2 heterocycles. The molecule has 194 valence electrons. The Morgan fingerprint density at radius 1 is 1.08 bits per heavy atom. The number of hydrogen-bond donors (Lipinski definition) is 5. The molecular formula is C26H35N5O5. The van der Waals surface area contributed by atoms with Gasteiger partial charge in [-0.2, -0.15) is 0 Å². The summed E-state index contributed by atoms with van der Waals surface area (Å²) in [6.45, 7) is 10.8. The highest BCUT2D eigenvalue weighted by Gasteiger charge is 2.32. The predicted octanol–water partition coefficient (Wildman–Crippen LogP) is 1.93. The molecule has 0 spiro atoms. The normalized spacial score (nSPS) is 13.6. The number of hydrogen-bond acceptors (Lipinski definition) is 6. The van der Waals surface area contributed by atoms with Crippen molar-refractivity contribution in [3.05, 3.63) is 45.8 Å². The number of aromatic amines is 1. The Bertz CT molecular complexity index is 1180. The maximum absolute atomic E-state index is 12.9. The van der Waals surface area contributed by atoms with Crippen LogP contribution in [0.5, 0.6) is 5.75 Å². The molecule has 0 atom stereocenters. The lowest BCUT2D eigenvalue weighted by Crippen LogP contribution is -2.35. The molecule has 36 heavy (non-hydrogen) atoms. The number of aliphatic hydroxyl groups excluding tert-OH is 1. The molecular weight excluding hydrogens is 462 g/mol. The van der Waals surface area contributed by atoms with E-state index in [1.807, 2.05) is 13.8 Å². The van der Waals surface area contributed by atoms with Crippen molar-refractivity contribution in [2.75, 3.05) is 51.8 Å². The average molecular weight is 498 g/mol. The third kappa shape index (κ3) is 5.44. The molecule has 0 bridgehead atoms. The molecule has 1 aromatic heterocycles. The quantitative estimate of drug-likeness (QED) is 0.301. The molecule has 0 unspecified atom stereocenters. The van der Waals surface area contributed by atoms with Gasteiger partial charge in [-0.05, 0) is 50.7 Å². The summed E-state index contributed by atoms with van der Waals surface area (Å²) < 4.78 is 5.40. The van der Waals surface area contributed by atoms with Crippen molar-refractivity contribution < 1.29 is 24.2 Å². The van der Waals surface area contributed by atoms with Crippen molar-refractivity contribution in [1.29, 1.82) is 0 Å². The van der Waals surface area contributed by atoms with Crippen LogP contribution in [0.25, 0.3) is 11.6 Å². The Balaban J connectivity index is 1.97. The summed E-state index contributed by atoms with van der Waals surface area (Å²) in [4.78, 5) is 44.2. The van der Waals surface area contributed by atoms with Gasteiger partial charge < -0.3 is 35.7 Å². The number of carbonyl (C=O) groups is 3. The maximum atomic E-state index is 12.9. The monoisotopic (exact) mass is 497 g/mol. The second-order valence-corrected chi connectivity index (χ2v) is 8.50. The fraction of sp³-hybridized carbons (Fsp3) is 0.423. The molecule has 0 fully saturated rings. The fourth-order valence-corrected chi connectivity index (χ4v) is 4.42. The Morgan fingerprint density at radius 2 is 1.75 bits per heavy atom. The minimum Gasteiger partial charge on any atom is -0.496 e. The number of anilines is 1. The molecule has 10 nitrogen and oxygen atoms in total. The lowest BCUT2D eigenvalue weighted by Gasteiger charge is -2.18. The van der Waals surface area contributed by atoms with E-state index in [9.17, 15) is 14.4 Å². The Kier molecular flexibility index (Phi) is 8.89. The van der Waals surface area contributed by atoms with Gasteiger partial charge in [0.2, 0.25) is 0 Å². The van der Waals surface area contributed by atoms with E-state index in [0.717, 1.165) is 19.6 Å². The van der Waals surface area contributed by atoms with Crippen LogP contribution in [-0.4, -0.2) is 79.2 Å². The summed E-state index contributed by atoms with van der Waals surface area (Å²) in [5.74, 6) is -0.710. The van der Waals surface area contributed by atoms with Gasteiger partial charge in [-0.25, -0.2) is 0 Å². The Labute approximate surface area is 211 Å². The summed E-state index contributed by atoms with van der Waals surface area (Å²) in [7, 11) is 1.45. The molecule has 0 saturated heterocycles. The average Bonchev–Trinajstić information content (AvgIpc) is 3.33. The van der Waals surface area contributed by atoms with E-state index in [1.54, 1.807) is 18.2 Å². The molecule has 10 heteroatoms. The number of ether oxygens (including phenoxy) is 1. The third-order valence-electron chi connectivity index (χ3n) is 6.37. The molecule has 5 N–H and O–H groups in total. The highest BCUT2D eigenvalue weighted by molar-refractivity contribution is 6.36. The zero-order valence-corrected chi connectivity index (χ0v) is 21.5. The largest absolute Gasteiger partial charge is 0.496 e. The van der Waals surface area contributed by atoms with Crippen LogP contribution in [0, 0.1) is 13.8 Å². The number of methoxy groups -OCH3 is 1. The molecule has 3 rings (SSSR count). The van der Waals surface area contributed by atoms with E-state index in [2.05, 4.69) is 39.7 Å². The van der Waals surface area contributed by atoms with E-state index in [-0.39, 0.29) is 36.1 Å². The number of carbonyl (C=O) groups excluding carboxylic acids is 3. The summed E-state index contributed by atoms with van der Waals surface area (Å²) in [5, 5.41) is 17.5. The predicted molar refractivity (Wildman–Crippen MR) is 139 cm³/mol. The Morgan fingerprint density at radius 3 is 2.39 bits per heavy atom. The highest BCUT2D eigenvalue weighted by Crippen LogP contribution is 2.40. The van der Waals surface area contributed by atoms with Crippen LogP contribution >= 0.6 is 0 Å². The zero-order valence-electron chi connectivity index (χ0n) is 21.5. The molecule has 3 amide bonds. The lowest BCUT2D eigenvalue weighted by molar-refractivity contribution is -0.110. The van der Waals surface area contributed by atoms with Gasteiger partial charge in [0.15, 0.2) is 0 Å². The number of rotatable bonds is 11. The number of benzene rings is 1. The van der Waals surface area contributed by atoms with Gasteiger partial charge in [-0.15, -0.1) is 0 Å². The summed E-state index contributed by atoms with van der Waals surface area (Å²) >= 11 is 0. The van der Waals surface area contributed by atoms with Gasteiger partial charge in [0, 0.05) is 36.6 Å². The van der Waals surface area contributed by atoms with Crippen LogP contribution in [0.4, 0.5) is 5.69 Å². The number of nitrogens with zero attached hydrogens (tertiary/aromatic N) is 1. The number of aromatic nitrogens is 1. The maximum Gasteiger partial charge on any atom is 0.256 e. The van der Waals surface area contributed by atoms with Crippen molar-refractivity contribution in [2.45, 2.75) is 27.7 Å². The third-order valence-corrected chi connectivity index (χ3v) is 6.37. The van der Waals surface area contributed by atoms with E-state index >= 15 is 0 Å². The van der Waals surface area contributed by atoms with Gasteiger partial charge in [0.1, 0.15) is 5.75 Å². The van der Waals surface area contributed by atoms with E-state index < -0.39 is 5.91 Å². The fourth-order valence-electron chi connectivity index (χ4n) is 4.42. The number of amides is 3. The standard InChI is InChI=1S/C26H35N5O5/c1-6-31(7-2)12-10-27-25(34)21-15(3)19(29-16(21)4)14-17-22-18(30-24(17)33)8-9-20(36-5)23(22)26(35)28-11-13-32/h8-9,14,29,32H,6-7,10-13H2,1-5H3,(H,27,34)(H,28,35)(H,30,33)/b17-14-. The van der Waals surface area contributed by atoms with Crippen LogP contribution in [0.2, 0.25) is 0 Å². The first-order valence-electron chi connectivity index (χ1n) is 12.1. The van der Waals surface area contributed by atoms with Crippen molar-refractivity contribution in [3.8, 4) is 5.75 Å². The molecule has 1 aliphatic heterocycles. The molecule has 2 aromatic rings. The van der Waals surface area contributed by atoms with Crippen LogP contribution in [0.15, 0.2) is 12.1 Å². The molecule has 0 aliphatic carbocycles. The van der Waals surface area contributed by atoms with Crippen LogP contribution in [0.1, 0.15) is 57.1 Å². The highest BCUT2D eigenvalue weighted by atomic mass is 16.5. The van der Waals surface area contributed by atoms with Crippen molar-refractivity contribution in [2.24, 2.45) is 0 Å². The molecule has 1 aromatic carbocycles. The number of fused-ring (bicyclic) bond motifs is 1. The van der Waals surface area contributed by atoms with Gasteiger partial charge in [-0.1, -0.05) is 13.8 Å². The number of aliphatic hydroxyl groups is 1. The number of likely N-dealkylation sites (N-methyl/N-ethyl adjacent to an activating group) is 1.